The molecule has 1 aliphatic carbocycles. The van der Waals surface area contributed by atoms with Gasteiger partial charge in [0, 0.05) is 5.02 Å². The molecule has 0 bridgehead atoms. The number of phenolic OH excluding ortho intramolecular Hbond substituents is 1. The molecule has 0 spiro atoms. The standard InChI is InChI=1S/C12H16ClNO2/c13-8-5-6-12(16)10(7-8)14-9-3-1-2-4-11(9)15/h5-7,9,11,14-16H,1-4H2/t9-,11-/m0/s1. The van der Waals surface area contributed by atoms with Crippen molar-refractivity contribution in [1.82, 2.24) is 0 Å². The van der Waals surface area contributed by atoms with Gasteiger partial charge in [0.05, 0.1) is 17.8 Å². The Morgan fingerprint density at radius 2 is 2.00 bits per heavy atom. The van der Waals surface area contributed by atoms with Gasteiger partial charge in [0.1, 0.15) is 5.75 Å². The fourth-order valence-corrected chi connectivity index (χ4v) is 2.28. The topological polar surface area (TPSA) is 52.5 Å². The van der Waals surface area contributed by atoms with Gasteiger partial charge in [-0.25, -0.2) is 0 Å². The molecule has 3 nitrogen and oxygen atoms in total. The van der Waals surface area contributed by atoms with E-state index in [1.807, 2.05) is 0 Å². The van der Waals surface area contributed by atoms with Gasteiger partial charge in [-0.2, -0.15) is 0 Å². The maximum absolute atomic E-state index is 9.81. The summed E-state index contributed by atoms with van der Waals surface area (Å²) in [6.07, 6.45) is 3.58. The summed E-state index contributed by atoms with van der Waals surface area (Å²) < 4.78 is 0. The summed E-state index contributed by atoms with van der Waals surface area (Å²) in [5, 5.41) is 23.2. The van der Waals surface area contributed by atoms with Gasteiger partial charge in [-0.15, -0.1) is 0 Å². The van der Waals surface area contributed by atoms with Crippen LogP contribution in [-0.2, 0) is 0 Å². The Morgan fingerprint density at radius 3 is 2.75 bits per heavy atom. The number of benzene rings is 1. The van der Waals surface area contributed by atoms with Crippen LogP contribution in [0.2, 0.25) is 5.02 Å². The molecule has 1 aliphatic rings. The number of hydrogen-bond donors (Lipinski definition) is 3. The fourth-order valence-electron chi connectivity index (χ4n) is 2.10. The number of aromatic hydroxyl groups is 1. The molecule has 1 aromatic rings. The van der Waals surface area contributed by atoms with Crippen molar-refractivity contribution in [2.75, 3.05) is 5.32 Å². The van der Waals surface area contributed by atoms with Crippen LogP contribution in [0, 0.1) is 0 Å². The molecule has 0 unspecified atom stereocenters. The van der Waals surface area contributed by atoms with Crippen LogP contribution in [0.15, 0.2) is 18.2 Å². The molecule has 1 fully saturated rings. The predicted molar refractivity (Wildman–Crippen MR) is 65.0 cm³/mol. The molecule has 1 aromatic carbocycles. The zero-order chi connectivity index (χ0) is 11.5. The molecule has 0 aromatic heterocycles. The Kier molecular flexibility index (Phi) is 3.56. The molecule has 88 valence electrons. The number of halogens is 1. The molecule has 16 heavy (non-hydrogen) atoms. The van der Waals surface area contributed by atoms with Gasteiger partial charge < -0.3 is 15.5 Å². The molecule has 2 atom stereocenters. The molecule has 0 radical (unpaired) electrons. The molecule has 1 saturated carbocycles. The van der Waals surface area contributed by atoms with Crippen LogP contribution in [0.5, 0.6) is 5.75 Å². The number of nitrogens with one attached hydrogen (secondary N) is 1. The van der Waals surface area contributed by atoms with Crippen LogP contribution < -0.4 is 5.32 Å². The first-order valence-corrected chi connectivity index (χ1v) is 5.98. The van der Waals surface area contributed by atoms with Gasteiger partial charge in [-0.1, -0.05) is 24.4 Å². The van der Waals surface area contributed by atoms with E-state index in [4.69, 9.17) is 11.6 Å². The van der Waals surface area contributed by atoms with Crippen molar-refractivity contribution in [2.24, 2.45) is 0 Å². The highest BCUT2D eigenvalue weighted by molar-refractivity contribution is 6.30. The Hall–Kier alpha value is -0.930. The SMILES string of the molecule is Oc1ccc(Cl)cc1N[C@H]1CCCC[C@@H]1O. The summed E-state index contributed by atoms with van der Waals surface area (Å²) in [5.74, 6) is 0.169. The summed E-state index contributed by atoms with van der Waals surface area (Å²) in [4.78, 5) is 0. The highest BCUT2D eigenvalue weighted by Crippen LogP contribution is 2.30. The first-order valence-electron chi connectivity index (χ1n) is 5.60. The number of anilines is 1. The number of hydrogen-bond acceptors (Lipinski definition) is 3. The smallest absolute Gasteiger partial charge is 0.138 e. The van der Waals surface area contributed by atoms with Gasteiger partial charge in [0.2, 0.25) is 0 Å². The molecule has 0 amide bonds. The third-order valence-electron chi connectivity index (χ3n) is 3.03. The van der Waals surface area contributed by atoms with Crippen LogP contribution in [0.1, 0.15) is 25.7 Å². The van der Waals surface area contributed by atoms with E-state index < -0.39 is 0 Å². The van der Waals surface area contributed by atoms with Crippen LogP contribution >= 0.6 is 11.6 Å². The Morgan fingerprint density at radius 1 is 1.25 bits per heavy atom. The molecule has 0 heterocycles. The van der Waals surface area contributed by atoms with Gasteiger partial charge in [-0.3, -0.25) is 0 Å². The van der Waals surface area contributed by atoms with E-state index >= 15 is 0 Å². The zero-order valence-electron chi connectivity index (χ0n) is 8.99. The third-order valence-corrected chi connectivity index (χ3v) is 3.26. The van der Waals surface area contributed by atoms with Crippen LogP contribution in [0.25, 0.3) is 0 Å². The van der Waals surface area contributed by atoms with Crippen molar-refractivity contribution >= 4 is 17.3 Å². The van der Waals surface area contributed by atoms with Crippen molar-refractivity contribution in [1.29, 1.82) is 0 Å². The Bertz CT molecular complexity index is 370. The lowest BCUT2D eigenvalue weighted by atomic mass is 9.92. The predicted octanol–water partition coefficient (Wildman–Crippen LogP) is 2.76. The highest BCUT2D eigenvalue weighted by Gasteiger charge is 2.23. The summed E-state index contributed by atoms with van der Waals surface area (Å²) >= 11 is 5.86. The van der Waals surface area contributed by atoms with E-state index in [2.05, 4.69) is 5.32 Å². The molecular weight excluding hydrogens is 226 g/mol. The summed E-state index contributed by atoms with van der Waals surface area (Å²) in [6.45, 7) is 0. The van der Waals surface area contributed by atoms with E-state index in [0.717, 1.165) is 25.7 Å². The number of aliphatic hydroxyl groups excluding tert-OH is 1. The normalized spacial score (nSPS) is 25.4. The van der Waals surface area contributed by atoms with Crippen molar-refractivity contribution in [3.8, 4) is 5.75 Å². The molecular formula is C12H16ClNO2. The van der Waals surface area contributed by atoms with Crippen LogP contribution in [0.3, 0.4) is 0 Å². The fraction of sp³-hybridized carbons (Fsp3) is 0.500. The lowest BCUT2D eigenvalue weighted by Gasteiger charge is -2.29. The average molecular weight is 242 g/mol. The average Bonchev–Trinajstić information content (AvgIpc) is 2.27. The van der Waals surface area contributed by atoms with Crippen molar-refractivity contribution in [3.63, 3.8) is 0 Å². The van der Waals surface area contributed by atoms with Crippen LogP contribution in [-0.4, -0.2) is 22.4 Å². The maximum Gasteiger partial charge on any atom is 0.138 e. The second-order valence-corrected chi connectivity index (χ2v) is 4.70. The Balaban J connectivity index is 2.10. The van der Waals surface area contributed by atoms with E-state index in [9.17, 15) is 10.2 Å². The minimum Gasteiger partial charge on any atom is -0.506 e. The number of rotatable bonds is 2. The van der Waals surface area contributed by atoms with Crippen molar-refractivity contribution in [2.45, 2.75) is 37.8 Å². The molecule has 2 rings (SSSR count). The highest BCUT2D eigenvalue weighted by atomic mass is 35.5. The monoisotopic (exact) mass is 241 g/mol. The number of aliphatic hydroxyl groups is 1. The second-order valence-electron chi connectivity index (χ2n) is 4.26. The third kappa shape index (κ3) is 2.60. The lowest BCUT2D eigenvalue weighted by Crippen LogP contribution is -2.36. The molecule has 4 heteroatoms. The van der Waals surface area contributed by atoms with E-state index in [1.54, 1.807) is 18.2 Å². The number of phenols is 1. The van der Waals surface area contributed by atoms with Crippen molar-refractivity contribution in [3.05, 3.63) is 23.2 Å². The minimum absolute atomic E-state index is 0.0121. The van der Waals surface area contributed by atoms with E-state index in [1.165, 1.54) is 0 Å². The van der Waals surface area contributed by atoms with Gasteiger partial charge >= 0.3 is 0 Å². The second kappa shape index (κ2) is 4.93. The molecule has 0 aliphatic heterocycles. The summed E-state index contributed by atoms with van der Waals surface area (Å²) in [6, 6.07) is 4.88. The zero-order valence-corrected chi connectivity index (χ0v) is 9.74. The largest absolute Gasteiger partial charge is 0.506 e. The Labute approximate surface area is 100 Å². The first-order chi connectivity index (χ1) is 7.66. The summed E-state index contributed by atoms with van der Waals surface area (Å²) in [5.41, 5.74) is 0.596. The quantitative estimate of drug-likeness (QED) is 0.698. The summed E-state index contributed by atoms with van der Waals surface area (Å²) in [7, 11) is 0. The molecule has 3 N–H and O–H groups in total. The van der Waals surface area contributed by atoms with E-state index in [0.29, 0.717) is 10.7 Å². The molecule has 0 saturated heterocycles. The van der Waals surface area contributed by atoms with E-state index in [-0.39, 0.29) is 17.9 Å². The minimum atomic E-state index is -0.341. The van der Waals surface area contributed by atoms with Gasteiger partial charge in [-0.05, 0) is 31.0 Å². The maximum atomic E-state index is 9.81. The van der Waals surface area contributed by atoms with Gasteiger partial charge in [0.15, 0.2) is 0 Å². The lowest BCUT2D eigenvalue weighted by molar-refractivity contribution is 0.116. The first kappa shape index (κ1) is 11.6. The van der Waals surface area contributed by atoms with Crippen molar-refractivity contribution < 1.29 is 10.2 Å². The van der Waals surface area contributed by atoms with Gasteiger partial charge in [0.25, 0.3) is 0 Å². The van der Waals surface area contributed by atoms with Crippen LogP contribution in [0.4, 0.5) is 5.69 Å².